The lowest BCUT2D eigenvalue weighted by Gasteiger charge is -2.35. The second-order valence-electron chi connectivity index (χ2n) is 7.30. The summed E-state index contributed by atoms with van der Waals surface area (Å²) in [6, 6.07) is 17.1. The highest BCUT2D eigenvalue weighted by molar-refractivity contribution is 7.99. The molecule has 0 atom stereocenters. The number of hydrogen-bond donors (Lipinski definition) is 0. The molecule has 3 rings (SSSR count). The number of thioether (sulfide) groups is 1. The van der Waals surface area contributed by atoms with Crippen molar-refractivity contribution in [3.63, 3.8) is 0 Å². The maximum absolute atomic E-state index is 12.9. The minimum Gasteiger partial charge on any atom is -0.411 e. The van der Waals surface area contributed by atoms with Gasteiger partial charge in [-0.25, -0.2) is 0 Å². The highest BCUT2D eigenvalue weighted by Crippen LogP contribution is 2.26. The molecular formula is C21H22ClN3O2S. The molecule has 0 N–H and O–H groups in total. The van der Waals surface area contributed by atoms with Crippen molar-refractivity contribution in [3.8, 4) is 11.5 Å². The Labute approximate surface area is 174 Å². The summed E-state index contributed by atoms with van der Waals surface area (Å²) < 4.78 is 5.67. The zero-order valence-corrected chi connectivity index (χ0v) is 17.6. The topological polar surface area (TPSA) is 59.2 Å². The van der Waals surface area contributed by atoms with Crippen molar-refractivity contribution in [3.05, 3.63) is 65.2 Å². The van der Waals surface area contributed by atoms with Crippen LogP contribution < -0.4 is 0 Å². The lowest BCUT2D eigenvalue weighted by Crippen LogP contribution is -2.45. The summed E-state index contributed by atoms with van der Waals surface area (Å²) >= 11 is 7.15. The van der Waals surface area contributed by atoms with Gasteiger partial charge < -0.3 is 9.32 Å². The third-order valence-electron chi connectivity index (χ3n) is 4.11. The number of rotatable bonds is 6. The molecule has 0 radical (unpaired) electrons. The first-order valence-electron chi connectivity index (χ1n) is 8.89. The van der Waals surface area contributed by atoms with Crippen LogP contribution in [-0.2, 0) is 11.3 Å². The van der Waals surface area contributed by atoms with E-state index in [1.54, 1.807) is 12.1 Å². The Morgan fingerprint density at radius 1 is 1.07 bits per heavy atom. The summed E-state index contributed by atoms with van der Waals surface area (Å²) in [7, 11) is 0. The Kier molecular flexibility index (Phi) is 6.42. The normalized spacial score (nSPS) is 11.4. The first-order chi connectivity index (χ1) is 13.3. The minimum absolute atomic E-state index is 0.0209. The van der Waals surface area contributed by atoms with Crippen LogP contribution in [0.2, 0.25) is 5.02 Å². The molecule has 7 heteroatoms. The lowest BCUT2D eigenvalue weighted by atomic mass is 10.0. The van der Waals surface area contributed by atoms with E-state index in [0.29, 0.717) is 22.7 Å². The number of hydrogen-bond acceptors (Lipinski definition) is 5. The first-order valence-corrected chi connectivity index (χ1v) is 10.3. The Hall–Kier alpha value is -2.31. The van der Waals surface area contributed by atoms with E-state index in [1.165, 1.54) is 11.8 Å². The smallest absolute Gasteiger partial charge is 0.277 e. The highest BCUT2D eigenvalue weighted by Gasteiger charge is 2.27. The number of amides is 1. The number of nitrogens with zero attached hydrogens (tertiary/aromatic N) is 3. The van der Waals surface area contributed by atoms with Crippen LogP contribution in [0, 0.1) is 0 Å². The van der Waals surface area contributed by atoms with Crippen LogP contribution in [0.3, 0.4) is 0 Å². The summed E-state index contributed by atoms with van der Waals surface area (Å²) in [5.74, 6) is 0.656. The van der Waals surface area contributed by atoms with E-state index in [4.69, 9.17) is 16.0 Å². The Morgan fingerprint density at radius 2 is 1.75 bits per heavy atom. The van der Waals surface area contributed by atoms with Crippen molar-refractivity contribution in [1.29, 1.82) is 0 Å². The average molecular weight is 416 g/mol. The number of halogens is 1. The summed E-state index contributed by atoms with van der Waals surface area (Å²) in [5, 5.41) is 9.10. The molecule has 0 fully saturated rings. The Morgan fingerprint density at radius 3 is 2.39 bits per heavy atom. The van der Waals surface area contributed by atoms with Crippen molar-refractivity contribution < 1.29 is 9.21 Å². The van der Waals surface area contributed by atoms with Crippen molar-refractivity contribution in [2.45, 2.75) is 38.1 Å². The second kappa shape index (κ2) is 8.80. The van der Waals surface area contributed by atoms with Crippen LogP contribution >= 0.6 is 23.4 Å². The molecule has 0 aliphatic carbocycles. The molecule has 146 valence electrons. The molecule has 0 aliphatic rings. The van der Waals surface area contributed by atoms with Crippen LogP contribution in [0.25, 0.3) is 11.5 Å². The van der Waals surface area contributed by atoms with E-state index in [2.05, 4.69) is 10.2 Å². The third-order valence-corrected chi connectivity index (χ3v) is 5.17. The fourth-order valence-electron chi connectivity index (χ4n) is 2.64. The monoisotopic (exact) mass is 415 g/mol. The SMILES string of the molecule is CC(C)(C)N(Cc1ccccc1)C(=O)CSc1nnc(-c2ccc(Cl)cc2)o1. The molecular weight excluding hydrogens is 394 g/mol. The maximum Gasteiger partial charge on any atom is 0.277 e. The third kappa shape index (κ3) is 5.36. The number of carbonyl (C=O) groups excluding carboxylic acids is 1. The summed E-state index contributed by atoms with van der Waals surface area (Å²) in [5.41, 5.74) is 1.59. The van der Waals surface area contributed by atoms with Gasteiger partial charge in [0.1, 0.15) is 0 Å². The zero-order valence-electron chi connectivity index (χ0n) is 16.1. The molecule has 1 amide bonds. The van der Waals surface area contributed by atoms with Gasteiger partial charge in [-0.05, 0) is 50.6 Å². The van der Waals surface area contributed by atoms with Crippen LogP contribution in [0.1, 0.15) is 26.3 Å². The molecule has 0 saturated carbocycles. The predicted molar refractivity (Wildman–Crippen MR) is 112 cm³/mol. The fourth-order valence-corrected chi connectivity index (χ4v) is 3.41. The maximum atomic E-state index is 12.9. The summed E-state index contributed by atoms with van der Waals surface area (Å²) in [4.78, 5) is 14.7. The largest absolute Gasteiger partial charge is 0.411 e. The molecule has 0 spiro atoms. The Bertz CT molecular complexity index is 921. The minimum atomic E-state index is -0.295. The quantitative estimate of drug-likeness (QED) is 0.510. The van der Waals surface area contributed by atoms with Gasteiger partial charge >= 0.3 is 0 Å². The van der Waals surface area contributed by atoms with Crippen molar-refractivity contribution >= 4 is 29.3 Å². The molecule has 0 aliphatic heterocycles. The molecule has 3 aromatic rings. The van der Waals surface area contributed by atoms with Crippen LogP contribution in [0.5, 0.6) is 0 Å². The van der Waals surface area contributed by atoms with E-state index in [-0.39, 0.29) is 17.2 Å². The van der Waals surface area contributed by atoms with Crippen LogP contribution in [0.15, 0.2) is 64.2 Å². The molecule has 0 bridgehead atoms. The van der Waals surface area contributed by atoms with Crippen LogP contribution in [0.4, 0.5) is 0 Å². The van der Waals surface area contributed by atoms with Gasteiger partial charge in [-0.15, -0.1) is 10.2 Å². The van der Waals surface area contributed by atoms with Crippen LogP contribution in [-0.4, -0.2) is 32.3 Å². The standard InChI is InChI=1S/C21H22ClN3O2S/c1-21(2,3)25(13-15-7-5-4-6-8-15)18(26)14-28-20-24-23-19(27-20)16-9-11-17(22)12-10-16/h4-12H,13-14H2,1-3H3. The van der Waals surface area contributed by atoms with E-state index >= 15 is 0 Å². The first kappa shape index (κ1) is 20.4. The van der Waals surface area contributed by atoms with E-state index in [9.17, 15) is 4.79 Å². The Balaban J connectivity index is 1.65. The lowest BCUT2D eigenvalue weighted by molar-refractivity contribution is -0.133. The van der Waals surface area contributed by atoms with Crippen molar-refractivity contribution in [2.75, 3.05) is 5.75 Å². The van der Waals surface area contributed by atoms with Crippen molar-refractivity contribution in [2.24, 2.45) is 0 Å². The highest BCUT2D eigenvalue weighted by atomic mass is 35.5. The van der Waals surface area contributed by atoms with E-state index < -0.39 is 0 Å². The van der Waals surface area contributed by atoms with Gasteiger partial charge in [0.15, 0.2) is 0 Å². The van der Waals surface area contributed by atoms with Crippen molar-refractivity contribution in [1.82, 2.24) is 15.1 Å². The molecule has 1 heterocycles. The van der Waals surface area contributed by atoms with E-state index in [0.717, 1.165) is 11.1 Å². The van der Waals surface area contributed by atoms with Gasteiger partial charge in [0.05, 0.1) is 5.75 Å². The fraction of sp³-hybridized carbons (Fsp3) is 0.286. The molecule has 2 aromatic carbocycles. The molecule has 0 unspecified atom stereocenters. The average Bonchev–Trinajstić information content (AvgIpc) is 3.14. The number of benzene rings is 2. The van der Waals surface area contributed by atoms with Gasteiger partial charge in [-0.2, -0.15) is 0 Å². The molecule has 5 nitrogen and oxygen atoms in total. The molecule has 0 saturated heterocycles. The van der Waals surface area contributed by atoms with Gasteiger partial charge in [0, 0.05) is 22.7 Å². The van der Waals surface area contributed by atoms with Gasteiger partial charge in [-0.1, -0.05) is 53.7 Å². The summed E-state index contributed by atoms with van der Waals surface area (Å²) in [6.07, 6.45) is 0. The van der Waals surface area contributed by atoms with Gasteiger partial charge in [0.2, 0.25) is 11.8 Å². The summed E-state index contributed by atoms with van der Waals surface area (Å²) in [6.45, 7) is 6.65. The zero-order chi connectivity index (χ0) is 20.1. The molecule has 28 heavy (non-hydrogen) atoms. The molecule has 1 aromatic heterocycles. The van der Waals surface area contributed by atoms with E-state index in [1.807, 2.05) is 68.1 Å². The number of carbonyl (C=O) groups is 1. The predicted octanol–water partition coefficient (Wildman–Crippen LogP) is 5.31. The van der Waals surface area contributed by atoms with Gasteiger partial charge in [-0.3, -0.25) is 4.79 Å². The second-order valence-corrected chi connectivity index (χ2v) is 8.67. The number of aromatic nitrogens is 2. The van der Waals surface area contributed by atoms with Gasteiger partial charge in [0.25, 0.3) is 5.22 Å².